The number of halogens is 2. The lowest BCUT2D eigenvalue weighted by atomic mass is 9.88. The molecule has 1 aromatic rings. The van der Waals surface area contributed by atoms with Crippen LogP contribution < -0.4 is 10.6 Å². The van der Waals surface area contributed by atoms with Crippen LogP contribution >= 0.6 is 22.6 Å². The van der Waals surface area contributed by atoms with Gasteiger partial charge in [0.25, 0.3) is 0 Å². The van der Waals surface area contributed by atoms with Gasteiger partial charge in [-0.25, -0.2) is 4.39 Å². The number of carboxylic acid groups (broad SMARTS) is 1. The van der Waals surface area contributed by atoms with Crippen molar-refractivity contribution in [3.05, 3.63) is 27.6 Å². The van der Waals surface area contributed by atoms with E-state index in [1.54, 1.807) is 6.07 Å². The Balaban J connectivity index is 2.15. The average Bonchev–Trinajstić information content (AvgIpc) is 2.18. The van der Waals surface area contributed by atoms with Gasteiger partial charge in [0.1, 0.15) is 5.82 Å². The molecule has 4 nitrogen and oxygen atoms in total. The van der Waals surface area contributed by atoms with E-state index in [1.807, 2.05) is 22.6 Å². The summed E-state index contributed by atoms with van der Waals surface area (Å²) in [6.45, 7) is 1.21. The molecule has 0 spiro atoms. The minimum Gasteiger partial charge on any atom is -0.481 e. The monoisotopic (exact) mass is 350 g/mol. The van der Waals surface area contributed by atoms with Crippen molar-refractivity contribution in [3.8, 4) is 0 Å². The van der Waals surface area contributed by atoms with Gasteiger partial charge in [-0.05, 0) is 40.8 Å². The lowest BCUT2D eigenvalue weighted by Gasteiger charge is -2.43. The van der Waals surface area contributed by atoms with Gasteiger partial charge in [-0.1, -0.05) is 0 Å². The molecule has 17 heavy (non-hydrogen) atoms. The van der Waals surface area contributed by atoms with Gasteiger partial charge in [-0.2, -0.15) is 0 Å². The zero-order valence-electron chi connectivity index (χ0n) is 8.96. The van der Waals surface area contributed by atoms with Crippen LogP contribution in [0.15, 0.2) is 18.2 Å². The van der Waals surface area contributed by atoms with Crippen molar-refractivity contribution in [2.45, 2.75) is 12.0 Å². The number of carboxylic acids is 1. The molecule has 1 fully saturated rings. The first-order valence-corrected chi connectivity index (χ1v) is 6.24. The third-order valence-electron chi connectivity index (χ3n) is 2.75. The fraction of sp³-hybridized carbons (Fsp3) is 0.364. The molecule has 0 atom stereocenters. The van der Waals surface area contributed by atoms with E-state index in [0.29, 0.717) is 13.1 Å². The molecule has 0 aromatic heterocycles. The minimum atomic E-state index is -0.837. The highest BCUT2D eigenvalue weighted by molar-refractivity contribution is 14.1. The molecule has 1 aliphatic heterocycles. The van der Waals surface area contributed by atoms with E-state index in [-0.39, 0.29) is 12.2 Å². The number of hydrogen-bond donors (Lipinski definition) is 3. The van der Waals surface area contributed by atoms with Gasteiger partial charge in [0.05, 0.1) is 12.0 Å². The van der Waals surface area contributed by atoms with E-state index >= 15 is 0 Å². The van der Waals surface area contributed by atoms with Crippen LogP contribution in [0.3, 0.4) is 0 Å². The Bertz CT molecular complexity index is 449. The van der Waals surface area contributed by atoms with Crippen LogP contribution in [0, 0.1) is 9.39 Å². The summed E-state index contributed by atoms with van der Waals surface area (Å²) in [7, 11) is 0. The normalized spacial score (nSPS) is 17.3. The molecule has 1 aliphatic rings. The van der Waals surface area contributed by atoms with Crippen molar-refractivity contribution in [3.63, 3.8) is 0 Å². The summed E-state index contributed by atoms with van der Waals surface area (Å²) in [5.41, 5.74) is 0.318. The molecule has 0 aliphatic carbocycles. The SMILES string of the molecule is O=C(O)CC1(Nc2ccc(F)cc2I)CNC1. The second-order valence-corrected chi connectivity index (χ2v) is 5.37. The predicted molar refractivity (Wildman–Crippen MR) is 70.6 cm³/mol. The Labute approximate surface area is 112 Å². The van der Waals surface area contributed by atoms with Crippen LogP contribution in [0.5, 0.6) is 0 Å². The van der Waals surface area contributed by atoms with Crippen LogP contribution in [0.2, 0.25) is 0 Å². The highest BCUT2D eigenvalue weighted by Gasteiger charge is 2.39. The highest BCUT2D eigenvalue weighted by atomic mass is 127. The average molecular weight is 350 g/mol. The number of hydrogen-bond acceptors (Lipinski definition) is 3. The molecule has 0 unspecified atom stereocenters. The molecule has 6 heteroatoms. The largest absolute Gasteiger partial charge is 0.481 e. The van der Waals surface area contributed by atoms with E-state index in [0.717, 1.165) is 9.26 Å². The molecule has 1 saturated heterocycles. The van der Waals surface area contributed by atoms with Gasteiger partial charge < -0.3 is 15.7 Å². The summed E-state index contributed by atoms with van der Waals surface area (Å²) < 4.78 is 13.7. The van der Waals surface area contributed by atoms with E-state index in [9.17, 15) is 9.18 Å². The molecule has 0 amide bonds. The lowest BCUT2D eigenvalue weighted by Crippen LogP contribution is -2.65. The molecule has 0 saturated carbocycles. The minimum absolute atomic E-state index is 0.0491. The maximum atomic E-state index is 12.9. The molecule has 2 rings (SSSR count). The Morgan fingerprint density at radius 2 is 2.29 bits per heavy atom. The smallest absolute Gasteiger partial charge is 0.305 e. The van der Waals surface area contributed by atoms with Crippen molar-refractivity contribution >= 4 is 34.2 Å². The Hall–Kier alpha value is -0.890. The number of benzene rings is 1. The summed E-state index contributed by atoms with van der Waals surface area (Å²) in [6.07, 6.45) is 0.0491. The topological polar surface area (TPSA) is 61.4 Å². The van der Waals surface area contributed by atoms with E-state index in [2.05, 4.69) is 10.6 Å². The van der Waals surface area contributed by atoms with E-state index in [1.165, 1.54) is 12.1 Å². The highest BCUT2D eigenvalue weighted by Crippen LogP contribution is 2.27. The second kappa shape index (κ2) is 4.77. The molecule has 92 valence electrons. The van der Waals surface area contributed by atoms with Crippen molar-refractivity contribution in [2.24, 2.45) is 0 Å². The maximum Gasteiger partial charge on any atom is 0.305 e. The summed E-state index contributed by atoms with van der Waals surface area (Å²) in [6, 6.07) is 4.42. The summed E-state index contributed by atoms with van der Waals surface area (Å²) >= 11 is 2.03. The maximum absolute atomic E-state index is 12.9. The fourth-order valence-electron chi connectivity index (χ4n) is 1.85. The summed E-state index contributed by atoms with van der Waals surface area (Å²) in [5.74, 6) is -1.13. The van der Waals surface area contributed by atoms with Crippen molar-refractivity contribution in [2.75, 3.05) is 18.4 Å². The molecule has 0 bridgehead atoms. The Kier molecular flexibility index (Phi) is 3.53. The molecule has 3 N–H and O–H groups in total. The molecule has 1 heterocycles. The first kappa shape index (κ1) is 12.6. The molecular formula is C11H12FIN2O2. The molecular weight excluding hydrogens is 338 g/mol. The summed E-state index contributed by atoms with van der Waals surface area (Å²) in [5, 5.41) is 15.1. The second-order valence-electron chi connectivity index (χ2n) is 4.20. The quantitative estimate of drug-likeness (QED) is 0.723. The van der Waals surface area contributed by atoms with E-state index in [4.69, 9.17) is 5.11 Å². The van der Waals surface area contributed by atoms with Gasteiger partial charge >= 0.3 is 5.97 Å². The van der Waals surface area contributed by atoms with Gasteiger partial charge in [0, 0.05) is 22.3 Å². The zero-order valence-corrected chi connectivity index (χ0v) is 11.1. The third kappa shape index (κ3) is 2.86. The zero-order chi connectivity index (χ0) is 12.5. The van der Waals surface area contributed by atoms with Gasteiger partial charge in [0.2, 0.25) is 0 Å². The van der Waals surface area contributed by atoms with Crippen LogP contribution in [0.4, 0.5) is 10.1 Å². The van der Waals surface area contributed by atoms with Crippen molar-refractivity contribution in [1.29, 1.82) is 0 Å². The predicted octanol–water partition coefficient (Wildman–Crippen LogP) is 1.66. The van der Waals surface area contributed by atoms with Crippen LogP contribution in [0.25, 0.3) is 0 Å². The van der Waals surface area contributed by atoms with Crippen molar-refractivity contribution < 1.29 is 14.3 Å². The summed E-state index contributed by atoms with van der Waals surface area (Å²) in [4.78, 5) is 10.8. The van der Waals surface area contributed by atoms with Gasteiger partial charge in [-0.3, -0.25) is 4.79 Å². The Morgan fingerprint density at radius 1 is 1.59 bits per heavy atom. The third-order valence-corrected chi connectivity index (χ3v) is 3.64. The number of carbonyl (C=O) groups is 1. The Morgan fingerprint density at radius 3 is 2.76 bits per heavy atom. The fourth-order valence-corrected chi connectivity index (χ4v) is 2.46. The van der Waals surface area contributed by atoms with Crippen LogP contribution in [0.1, 0.15) is 6.42 Å². The number of rotatable bonds is 4. The standard InChI is InChI=1S/C11H12FIN2O2/c12-7-1-2-9(8(13)3-7)15-11(4-10(16)17)5-14-6-11/h1-3,14-15H,4-6H2,(H,16,17). The molecule has 1 aromatic carbocycles. The van der Waals surface area contributed by atoms with Gasteiger partial charge in [-0.15, -0.1) is 0 Å². The lowest BCUT2D eigenvalue weighted by molar-refractivity contribution is -0.138. The van der Waals surface area contributed by atoms with Crippen molar-refractivity contribution in [1.82, 2.24) is 5.32 Å². The van der Waals surface area contributed by atoms with Crippen LogP contribution in [-0.2, 0) is 4.79 Å². The number of aliphatic carboxylic acids is 1. The number of anilines is 1. The number of nitrogens with one attached hydrogen (secondary N) is 2. The van der Waals surface area contributed by atoms with Crippen LogP contribution in [-0.4, -0.2) is 29.7 Å². The van der Waals surface area contributed by atoms with Gasteiger partial charge in [0.15, 0.2) is 0 Å². The van der Waals surface area contributed by atoms with E-state index < -0.39 is 11.5 Å². The first-order valence-electron chi connectivity index (χ1n) is 5.17. The molecule has 0 radical (unpaired) electrons. The first-order chi connectivity index (χ1) is 8.01.